The number of carbonyl (C=O) groups is 1. The quantitative estimate of drug-likeness (QED) is 0.720. The number of carbonyl (C=O) groups excluding carboxylic acids is 1. The second-order valence-electron chi connectivity index (χ2n) is 4.90. The molecule has 1 amide bonds. The maximum Gasteiger partial charge on any atom is 0.274 e. The van der Waals surface area contributed by atoms with Crippen molar-refractivity contribution in [3.63, 3.8) is 0 Å². The topological polar surface area (TPSA) is 84.4 Å². The average Bonchev–Trinajstić information content (AvgIpc) is 2.56. The Morgan fingerprint density at radius 3 is 2.88 bits per heavy atom. The maximum absolute atomic E-state index is 12.3. The third kappa shape index (κ3) is 2.26. The van der Waals surface area contributed by atoms with Gasteiger partial charge in [0.05, 0.1) is 17.5 Å². The van der Waals surface area contributed by atoms with Crippen molar-refractivity contribution in [2.24, 2.45) is 7.05 Å². The molecule has 1 aromatic rings. The summed E-state index contributed by atoms with van der Waals surface area (Å²) >= 11 is 0. The summed E-state index contributed by atoms with van der Waals surface area (Å²) in [6, 6.07) is 0. The molecule has 0 saturated carbocycles. The van der Waals surface area contributed by atoms with Gasteiger partial charge in [0, 0.05) is 20.1 Å². The number of rotatable bonds is 1. The van der Waals surface area contributed by atoms with Crippen molar-refractivity contribution in [1.82, 2.24) is 14.7 Å². The number of piperidine rings is 1. The second-order valence-corrected chi connectivity index (χ2v) is 4.90. The molecule has 3 N–H and O–H groups in total. The SMILES string of the molecule is Cn1ncc(N)c1C(=O)N1CCCC(C)(O)C1. The molecule has 1 aliphatic rings. The number of anilines is 1. The number of hydrogen-bond acceptors (Lipinski definition) is 4. The summed E-state index contributed by atoms with van der Waals surface area (Å²) in [7, 11) is 1.69. The highest BCUT2D eigenvalue weighted by Gasteiger charge is 2.32. The summed E-state index contributed by atoms with van der Waals surface area (Å²) in [4.78, 5) is 13.9. The molecular weight excluding hydrogens is 220 g/mol. The number of β-amino-alcohol motifs (C(OH)–C–C–N with tert-alkyl or cyclic N) is 1. The smallest absolute Gasteiger partial charge is 0.274 e. The van der Waals surface area contributed by atoms with Gasteiger partial charge in [0.25, 0.3) is 5.91 Å². The van der Waals surface area contributed by atoms with E-state index in [4.69, 9.17) is 5.73 Å². The molecule has 1 aromatic heterocycles. The molecule has 0 spiro atoms. The van der Waals surface area contributed by atoms with Gasteiger partial charge >= 0.3 is 0 Å². The highest BCUT2D eigenvalue weighted by molar-refractivity contribution is 5.97. The molecule has 6 nitrogen and oxygen atoms in total. The van der Waals surface area contributed by atoms with Crippen LogP contribution >= 0.6 is 0 Å². The Kier molecular flexibility index (Phi) is 2.82. The highest BCUT2D eigenvalue weighted by atomic mass is 16.3. The van der Waals surface area contributed by atoms with Crippen molar-refractivity contribution in [3.05, 3.63) is 11.9 Å². The average molecular weight is 238 g/mol. The fourth-order valence-corrected chi connectivity index (χ4v) is 2.26. The van der Waals surface area contributed by atoms with Crippen LogP contribution in [0.2, 0.25) is 0 Å². The van der Waals surface area contributed by atoms with E-state index in [9.17, 15) is 9.90 Å². The van der Waals surface area contributed by atoms with Gasteiger partial charge in [-0.05, 0) is 19.8 Å². The molecule has 6 heteroatoms. The molecule has 0 radical (unpaired) electrons. The Morgan fingerprint density at radius 1 is 1.65 bits per heavy atom. The Morgan fingerprint density at radius 2 is 2.35 bits per heavy atom. The van der Waals surface area contributed by atoms with E-state index >= 15 is 0 Å². The van der Waals surface area contributed by atoms with Crippen LogP contribution in [0.4, 0.5) is 5.69 Å². The Bertz CT molecular complexity index is 419. The van der Waals surface area contributed by atoms with Crippen LogP contribution in [0.25, 0.3) is 0 Å². The monoisotopic (exact) mass is 238 g/mol. The van der Waals surface area contributed by atoms with Gasteiger partial charge in [-0.15, -0.1) is 0 Å². The van der Waals surface area contributed by atoms with Crippen LogP contribution in [0.3, 0.4) is 0 Å². The molecule has 0 aliphatic carbocycles. The summed E-state index contributed by atoms with van der Waals surface area (Å²) in [5.41, 5.74) is 5.69. The lowest BCUT2D eigenvalue weighted by molar-refractivity contribution is -0.0110. The van der Waals surface area contributed by atoms with Gasteiger partial charge < -0.3 is 15.7 Å². The van der Waals surface area contributed by atoms with Gasteiger partial charge in [-0.2, -0.15) is 5.10 Å². The minimum Gasteiger partial charge on any atom is -0.396 e. The van der Waals surface area contributed by atoms with Crippen molar-refractivity contribution >= 4 is 11.6 Å². The lowest BCUT2D eigenvalue weighted by Gasteiger charge is -2.36. The van der Waals surface area contributed by atoms with Crippen LogP contribution in [0, 0.1) is 0 Å². The van der Waals surface area contributed by atoms with Crippen LogP contribution in [0.1, 0.15) is 30.3 Å². The molecule has 1 saturated heterocycles. The fraction of sp³-hybridized carbons (Fsp3) is 0.636. The number of aromatic nitrogens is 2. The van der Waals surface area contributed by atoms with Gasteiger partial charge in [0.2, 0.25) is 0 Å². The van der Waals surface area contributed by atoms with E-state index in [0.717, 1.165) is 12.8 Å². The number of hydrogen-bond donors (Lipinski definition) is 2. The first-order valence-corrected chi connectivity index (χ1v) is 5.70. The van der Waals surface area contributed by atoms with Crippen LogP contribution in [0.5, 0.6) is 0 Å². The minimum absolute atomic E-state index is 0.164. The van der Waals surface area contributed by atoms with E-state index in [0.29, 0.717) is 24.5 Å². The number of aryl methyl sites for hydroxylation is 1. The molecular formula is C11H18N4O2. The first-order chi connectivity index (χ1) is 7.91. The van der Waals surface area contributed by atoms with Crippen molar-refractivity contribution in [2.75, 3.05) is 18.8 Å². The third-order valence-electron chi connectivity index (χ3n) is 3.13. The number of aliphatic hydroxyl groups is 1. The van der Waals surface area contributed by atoms with E-state index in [-0.39, 0.29) is 5.91 Å². The summed E-state index contributed by atoms with van der Waals surface area (Å²) in [6.45, 7) is 2.75. The van der Waals surface area contributed by atoms with Crippen molar-refractivity contribution in [3.8, 4) is 0 Å². The van der Waals surface area contributed by atoms with Crippen molar-refractivity contribution < 1.29 is 9.90 Å². The fourth-order valence-electron chi connectivity index (χ4n) is 2.26. The molecule has 0 aromatic carbocycles. The van der Waals surface area contributed by atoms with Crippen molar-refractivity contribution in [1.29, 1.82) is 0 Å². The first kappa shape index (κ1) is 11.9. The molecule has 0 bridgehead atoms. The molecule has 1 atom stereocenters. The van der Waals surface area contributed by atoms with Gasteiger partial charge in [-0.1, -0.05) is 0 Å². The molecule has 1 fully saturated rings. The van der Waals surface area contributed by atoms with E-state index in [1.54, 1.807) is 18.9 Å². The zero-order chi connectivity index (χ0) is 12.6. The normalized spacial score (nSPS) is 25.0. The number of nitrogens with zero attached hydrogens (tertiary/aromatic N) is 3. The van der Waals surface area contributed by atoms with Crippen LogP contribution in [-0.2, 0) is 7.05 Å². The Labute approximate surface area is 100 Å². The molecule has 94 valence electrons. The van der Waals surface area contributed by atoms with Gasteiger partial charge in [0.1, 0.15) is 5.69 Å². The van der Waals surface area contributed by atoms with E-state index in [1.165, 1.54) is 10.9 Å². The molecule has 2 rings (SSSR count). The second kappa shape index (κ2) is 4.03. The van der Waals surface area contributed by atoms with E-state index in [1.807, 2.05) is 0 Å². The number of nitrogen functional groups attached to an aromatic ring is 1. The predicted molar refractivity (Wildman–Crippen MR) is 63.4 cm³/mol. The van der Waals surface area contributed by atoms with Crippen LogP contribution in [-0.4, -0.2) is 44.4 Å². The third-order valence-corrected chi connectivity index (χ3v) is 3.13. The number of amides is 1. The number of likely N-dealkylation sites (tertiary alicyclic amines) is 1. The van der Waals surface area contributed by atoms with E-state index in [2.05, 4.69) is 5.10 Å². The first-order valence-electron chi connectivity index (χ1n) is 5.70. The summed E-state index contributed by atoms with van der Waals surface area (Å²) < 4.78 is 1.47. The molecule has 2 heterocycles. The largest absolute Gasteiger partial charge is 0.396 e. The van der Waals surface area contributed by atoms with Gasteiger partial charge in [-0.25, -0.2) is 0 Å². The lowest BCUT2D eigenvalue weighted by atomic mass is 9.95. The van der Waals surface area contributed by atoms with Gasteiger partial charge in [0.15, 0.2) is 0 Å². The summed E-state index contributed by atoms with van der Waals surface area (Å²) in [5, 5.41) is 13.9. The summed E-state index contributed by atoms with van der Waals surface area (Å²) in [5.74, 6) is -0.164. The molecule has 1 aliphatic heterocycles. The minimum atomic E-state index is -0.804. The van der Waals surface area contributed by atoms with Crippen LogP contribution < -0.4 is 5.73 Å². The van der Waals surface area contributed by atoms with Crippen molar-refractivity contribution in [2.45, 2.75) is 25.4 Å². The predicted octanol–water partition coefficient (Wildman–Crippen LogP) is -0.0107. The Hall–Kier alpha value is -1.56. The standard InChI is InChI=1S/C11H18N4O2/c1-11(17)4-3-5-15(7-11)10(16)9-8(12)6-13-14(9)2/h6,17H,3-5,7,12H2,1-2H3. The zero-order valence-electron chi connectivity index (χ0n) is 10.2. The zero-order valence-corrected chi connectivity index (χ0v) is 10.2. The maximum atomic E-state index is 12.3. The lowest BCUT2D eigenvalue weighted by Crippen LogP contribution is -2.49. The molecule has 17 heavy (non-hydrogen) atoms. The summed E-state index contributed by atoms with van der Waals surface area (Å²) in [6.07, 6.45) is 2.99. The molecule has 1 unspecified atom stereocenters. The van der Waals surface area contributed by atoms with Crippen LogP contribution in [0.15, 0.2) is 6.20 Å². The van der Waals surface area contributed by atoms with Gasteiger partial charge in [-0.3, -0.25) is 9.48 Å². The Balaban J connectivity index is 2.21. The highest BCUT2D eigenvalue weighted by Crippen LogP contribution is 2.23. The van der Waals surface area contributed by atoms with E-state index < -0.39 is 5.60 Å². The number of nitrogens with two attached hydrogens (primary N) is 1.